The van der Waals surface area contributed by atoms with Crippen molar-refractivity contribution in [3.05, 3.63) is 48.2 Å². The lowest BCUT2D eigenvalue weighted by Crippen LogP contribution is -2.42. The number of aromatic nitrogens is 1. The molecule has 1 fully saturated rings. The lowest BCUT2D eigenvalue weighted by molar-refractivity contribution is 0.176. The second-order valence-corrected chi connectivity index (χ2v) is 7.70. The second-order valence-electron chi connectivity index (χ2n) is 6.01. The highest BCUT2D eigenvalue weighted by Crippen LogP contribution is 2.29. The van der Waals surface area contributed by atoms with E-state index in [-0.39, 0.29) is 28.7 Å². The SMILES string of the molecule is O=S1(=O)N[C@@H]2CN(Cc3ccccc3O)C[C@@H]2Oc2ncccc21. The maximum atomic E-state index is 12.5. The number of ether oxygens (including phenoxy) is 1. The lowest BCUT2D eigenvalue weighted by Gasteiger charge is -2.17. The van der Waals surface area contributed by atoms with Crippen molar-refractivity contribution in [3.8, 4) is 11.6 Å². The number of pyridine rings is 1. The summed E-state index contributed by atoms with van der Waals surface area (Å²) in [5, 5.41) is 9.91. The molecular weight excluding hydrogens is 330 g/mol. The standard InChI is InChI=1S/C16H17N3O4S/c20-13-5-2-1-4-11(13)8-19-9-12-14(10-19)23-16-15(6-3-7-17-16)24(21,22)18-12/h1-7,12,14,18,20H,8-10H2/t12-,14+/m1/s1. The van der Waals surface area contributed by atoms with Gasteiger partial charge in [0.25, 0.3) is 0 Å². The molecule has 0 bridgehead atoms. The smallest absolute Gasteiger partial charge is 0.246 e. The molecule has 8 heteroatoms. The van der Waals surface area contributed by atoms with Crippen molar-refractivity contribution in [2.75, 3.05) is 13.1 Å². The van der Waals surface area contributed by atoms with Crippen molar-refractivity contribution >= 4 is 10.0 Å². The first-order valence-corrected chi connectivity index (χ1v) is 9.14. The van der Waals surface area contributed by atoms with Crippen LogP contribution in [0.1, 0.15) is 5.56 Å². The zero-order valence-corrected chi connectivity index (χ0v) is 13.6. The third kappa shape index (κ3) is 2.72. The molecule has 2 aromatic rings. The van der Waals surface area contributed by atoms with E-state index in [0.717, 1.165) is 5.56 Å². The van der Waals surface area contributed by atoms with E-state index in [1.54, 1.807) is 18.2 Å². The number of fused-ring (bicyclic) bond motifs is 2. The number of aromatic hydroxyl groups is 1. The number of nitrogens with one attached hydrogen (secondary N) is 1. The highest BCUT2D eigenvalue weighted by molar-refractivity contribution is 7.89. The van der Waals surface area contributed by atoms with Gasteiger partial charge in [-0.2, -0.15) is 0 Å². The largest absolute Gasteiger partial charge is 0.508 e. The Morgan fingerprint density at radius 2 is 2.08 bits per heavy atom. The van der Waals surface area contributed by atoms with E-state index in [9.17, 15) is 13.5 Å². The van der Waals surface area contributed by atoms with Gasteiger partial charge in [-0.1, -0.05) is 18.2 Å². The van der Waals surface area contributed by atoms with Crippen LogP contribution in [0.5, 0.6) is 11.6 Å². The summed E-state index contributed by atoms with van der Waals surface area (Å²) in [4.78, 5) is 6.19. The fraction of sp³-hybridized carbons (Fsp3) is 0.312. The third-order valence-corrected chi connectivity index (χ3v) is 5.83. The zero-order chi connectivity index (χ0) is 16.7. The van der Waals surface area contributed by atoms with E-state index in [4.69, 9.17) is 4.74 Å². The summed E-state index contributed by atoms with van der Waals surface area (Å²) in [5.41, 5.74) is 0.801. The molecule has 2 N–H and O–H groups in total. The van der Waals surface area contributed by atoms with Crippen LogP contribution in [0.25, 0.3) is 0 Å². The fourth-order valence-electron chi connectivity index (χ4n) is 3.17. The van der Waals surface area contributed by atoms with Gasteiger partial charge in [0.05, 0.1) is 6.04 Å². The number of hydrogen-bond acceptors (Lipinski definition) is 6. The van der Waals surface area contributed by atoms with Gasteiger partial charge in [0.2, 0.25) is 15.9 Å². The monoisotopic (exact) mass is 347 g/mol. The number of para-hydroxylation sites is 1. The predicted molar refractivity (Wildman–Crippen MR) is 86.1 cm³/mol. The summed E-state index contributed by atoms with van der Waals surface area (Å²) >= 11 is 0. The Balaban J connectivity index is 1.57. The summed E-state index contributed by atoms with van der Waals surface area (Å²) in [6.07, 6.45) is 1.20. The molecule has 0 spiro atoms. The number of hydrogen-bond donors (Lipinski definition) is 2. The number of phenols is 1. The van der Waals surface area contributed by atoms with Gasteiger partial charge >= 0.3 is 0 Å². The average molecular weight is 347 g/mol. The number of benzene rings is 1. The molecule has 1 saturated heterocycles. The maximum Gasteiger partial charge on any atom is 0.246 e. The molecule has 0 unspecified atom stereocenters. The molecule has 0 aliphatic carbocycles. The Morgan fingerprint density at radius 3 is 2.92 bits per heavy atom. The third-order valence-electron chi connectivity index (χ3n) is 4.32. The van der Waals surface area contributed by atoms with Crippen molar-refractivity contribution in [1.82, 2.24) is 14.6 Å². The van der Waals surface area contributed by atoms with Crippen LogP contribution in [0, 0.1) is 0 Å². The molecule has 2 aliphatic rings. The summed E-state index contributed by atoms with van der Waals surface area (Å²) < 4.78 is 33.5. The molecule has 24 heavy (non-hydrogen) atoms. The van der Waals surface area contributed by atoms with Gasteiger partial charge in [-0.15, -0.1) is 0 Å². The van der Waals surface area contributed by atoms with E-state index >= 15 is 0 Å². The first kappa shape index (κ1) is 15.4. The summed E-state index contributed by atoms with van der Waals surface area (Å²) in [7, 11) is -3.65. The minimum Gasteiger partial charge on any atom is -0.508 e. The van der Waals surface area contributed by atoms with Crippen LogP contribution in [-0.4, -0.2) is 48.6 Å². The van der Waals surface area contributed by atoms with E-state index in [1.165, 1.54) is 12.3 Å². The van der Waals surface area contributed by atoms with Crippen LogP contribution in [0.4, 0.5) is 0 Å². The van der Waals surface area contributed by atoms with Crippen LogP contribution in [0.2, 0.25) is 0 Å². The van der Waals surface area contributed by atoms with E-state index in [1.807, 2.05) is 12.1 Å². The summed E-state index contributed by atoms with van der Waals surface area (Å²) in [6.45, 7) is 1.59. The van der Waals surface area contributed by atoms with E-state index in [0.29, 0.717) is 19.6 Å². The number of phenolic OH excluding ortho intramolecular Hbond substituents is 1. The average Bonchev–Trinajstić information content (AvgIpc) is 2.86. The van der Waals surface area contributed by atoms with Gasteiger partial charge in [-0.05, 0) is 18.2 Å². The fourth-order valence-corrected chi connectivity index (χ4v) is 4.51. The zero-order valence-electron chi connectivity index (χ0n) is 12.8. The summed E-state index contributed by atoms with van der Waals surface area (Å²) in [6, 6.07) is 9.84. The minimum atomic E-state index is -3.65. The Labute approximate surface area is 139 Å². The Kier molecular flexibility index (Phi) is 3.67. The van der Waals surface area contributed by atoms with Crippen molar-refractivity contribution < 1.29 is 18.3 Å². The molecule has 2 aliphatic heterocycles. The molecule has 0 amide bonds. The number of nitrogens with zero attached hydrogens (tertiary/aromatic N) is 2. The number of rotatable bonds is 2. The van der Waals surface area contributed by atoms with Gasteiger partial charge in [0.15, 0.2) is 0 Å². The minimum absolute atomic E-state index is 0.0756. The van der Waals surface area contributed by atoms with Gasteiger partial charge in [-0.3, -0.25) is 4.90 Å². The van der Waals surface area contributed by atoms with Crippen molar-refractivity contribution in [1.29, 1.82) is 0 Å². The first-order chi connectivity index (χ1) is 11.5. The quantitative estimate of drug-likeness (QED) is 0.831. The highest BCUT2D eigenvalue weighted by Gasteiger charge is 2.41. The van der Waals surface area contributed by atoms with E-state index < -0.39 is 10.0 Å². The highest BCUT2D eigenvalue weighted by atomic mass is 32.2. The van der Waals surface area contributed by atoms with Gasteiger partial charge in [0, 0.05) is 31.4 Å². The molecule has 0 saturated carbocycles. The Bertz CT molecular complexity index is 871. The molecule has 3 heterocycles. The number of sulfonamides is 1. The van der Waals surface area contributed by atoms with Gasteiger partial charge in [-0.25, -0.2) is 18.1 Å². The van der Waals surface area contributed by atoms with Crippen LogP contribution in [0.15, 0.2) is 47.5 Å². The molecule has 1 aromatic heterocycles. The van der Waals surface area contributed by atoms with Crippen LogP contribution < -0.4 is 9.46 Å². The van der Waals surface area contributed by atoms with Crippen LogP contribution >= 0.6 is 0 Å². The topological polar surface area (TPSA) is 91.8 Å². The molecule has 1 aromatic carbocycles. The molecule has 4 rings (SSSR count). The first-order valence-electron chi connectivity index (χ1n) is 7.66. The van der Waals surface area contributed by atoms with Gasteiger partial charge < -0.3 is 9.84 Å². The van der Waals surface area contributed by atoms with Crippen molar-refractivity contribution in [3.63, 3.8) is 0 Å². The van der Waals surface area contributed by atoms with Crippen molar-refractivity contribution in [2.24, 2.45) is 0 Å². The number of likely N-dealkylation sites (tertiary alicyclic amines) is 1. The van der Waals surface area contributed by atoms with Crippen LogP contribution in [-0.2, 0) is 16.6 Å². The lowest BCUT2D eigenvalue weighted by atomic mass is 10.2. The second kappa shape index (κ2) is 5.73. The molecule has 0 radical (unpaired) electrons. The van der Waals surface area contributed by atoms with Gasteiger partial charge in [0.1, 0.15) is 16.7 Å². The summed E-state index contributed by atoms with van der Waals surface area (Å²) in [5.74, 6) is 0.375. The normalized spacial score (nSPS) is 25.3. The van der Waals surface area contributed by atoms with Crippen LogP contribution in [0.3, 0.4) is 0 Å². The molecule has 2 atom stereocenters. The molecule has 7 nitrogen and oxygen atoms in total. The molecule has 126 valence electrons. The molecular formula is C16H17N3O4S. The predicted octanol–water partition coefficient (Wildman–Crippen LogP) is 0.711. The van der Waals surface area contributed by atoms with E-state index in [2.05, 4.69) is 14.6 Å². The maximum absolute atomic E-state index is 12.5. The Hall–Kier alpha value is -2.16. The van der Waals surface area contributed by atoms with Crippen molar-refractivity contribution in [2.45, 2.75) is 23.6 Å². The Morgan fingerprint density at radius 1 is 1.25 bits per heavy atom.